The minimum atomic E-state index is 0.0897. The SMILES string of the molecule is Cc1cc(N)cc(-c2nc3cc(Cl)cnc3o2)c1O. The van der Waals surface area contributed by atoms with E-state index in [0.717, 1.165) is 0 Å². The van der Waals surface area contributed by atoms with Gasteiger partial charge >= 0.3 is 0 Å². The second-order valence-electron chi connectivity index (χ2n) is 4.23. The Kier molecular flexibility index (Phi) is 2.57. The predicted octanol–water partition coefficient (Wildman–Crippen LogP) is 3.14. The summed E-state index contributed by atoms with van der Waals surface area (Å²) >= 11 is 5.84. The maximum Gasteiger partial charge on any atom is 0.247 e. The number of nitrogens with zero attached hydrogens (tertiary/aromatic N) is 2. The highest BCUT2D eigenvalue weighted by Gasteiger charge is 2.15. The van der Waals surface area contributed by atoms with Crippen LogP contribution in [-0.2, 0) is 0 Å². The number of nitrogen functional groups attached to an aromatic ring is 1. The molecule has 2 aromatic heterocycles. The van der Waals surface area contributed by atoms with E-state index in [-0.39, 0.29) is 11.6 Å². The third-order valence-electron chi connectivity index (χ3n) is 2.77. The van der Waals surface area contributed by atoms with E-state index < -0.39 is 0 Å². The fraction of sp³-hybridized carbons (Fsp3) is 0.0769. The minimum Gasteiger partial charge on any atom is -0.507 e. The Morgan fingerprint density at radius 2 is 2.11 bits per heavy atom. The van der Waals surface area contributed by atoms with Crippen LogP contribution in [0.1, 0.15) is 5.56 Å². The van der Waals surface area contributed by atoms with Gasteiger partial charge in [0.1, 0.15) is 11.3 Å². The van der Waals surface area contributed by atoms with E-state index in [9.17, 15) is 5.11 Å². The van der Waals surface area contributed by atoms with Crippen LogP contribution in [0.4, 0.5) is 5.69 Å². The Bertz CT molecular complexity index is 783. The molecule has 0 aliphatic heterocycles. The van der Waals surface area contributed by atoms with E-state index in [2.05, 4.69) is 9.97 Å². The molecule has 0 fully saturated rings. The molecule has 2 heterocycles. The lowest BCUT2D eigenvalue weighted by Crippen LogP contribution is -1.89. The van der Waals surface area contributed by atoms with Gasteiger partial charge in [-0.2, -0.15) is 0 Å². The third kappa shape index (κ3) is 1.98. The van der Waals surface area contributed by atoms with E-state index in [1.54, 1.807) is 25.1 Å². The summed E-state index contributed by atoms with van der Waals surface area (Å²) in [7, 11) is 0. The number of hydrogen-bond acceptors (Lipinski definition) is 5. The summed E-state index contributed by atoms with van der Waals surface area (Å²) in [5, 5.41) is 10.5. The molecule has 0 unspecified atom stereocenters. The van der Waals surface area contributed by atoms with Crippen molar-refractivity contribution in [2.75, 3.05) is 5.73 Å². The zero-order valence-electron chi connectivity index (χ0n) is 10.0. The van der Waals surface area contributed by atoms with Crippen LogP contribution in [0.3, 0.4) is 0 Å². The van der Waals surface area contributed by atoms with Gasteiger partial charge in [-0.1, -0.05) is 11.6 Å². The number of anilines is 1. The zero-order valence-corrected chi connectivity index (χ0v) is 10.8. The Hall–Kier alpha value is -2.27. The van der Waals surface area contributed by atoms with Gasteiger partial charge < -0.3 is 15.3 Å². The van der Waals surface area contributed by atoms with Crippen LogP contribution in [0.2, 0.25) is 5.02 Å². The van der Waals surface area contributed by atoms with Gasteiger partial charge in [-0.15, -0.1) is 0 Å². The van der Waals surface area contributed by atoms with Crippen molar-refractivity contribution in [3.8, 4) is 17.2 Å². The van der Waals surface area contributed by atoms with Gasteiger partial charge in [-0.05, 0) is 30.7 Å². The molecule has 0 amide bonds. The number of aromatic nitrogens is 2. The number of pyridine rings is 1. The summed E-state index contributed by atoms with van der Waals surface area (Å²) in [6.45, 7) is 1.76. The van der Waals surface area contributed by atoms with Crippen molar-refractivity contribution in [3.63, 3.8) is 0 Å². The van der Waals surface area contributed by atoms with Crippen molar-refractivity contribution in [2.24, 2.45) is 0 Å². The van der Waals surface area contributed by atoms with E-state index in [1.165, 1.54) is 6.20 Å². The van der Waals surface area contributed by atoms with Crippen LogP contribution in [0.15, 0.2) is 28.8 Å². The molecule has 0 aliphatic rings. The van der Waals surface area contributed by atoms with Gasteiger partial charge in [-0.3, -0.25) is 0 Å². The van der Waals surface area contributed by atoms with E-state index in [0.29, 0.717) is 33.1 Å². The average Bonchev–Trinajstić information content (AvgIpc) is 2.76. The second kappa shape index (κ2) is 4.13. The number of hydrogen-bond donors (Lipinski definition) is 2. The average molecular weight is 276 g/mol. The summed E-state index contributed by atoms with van der Waals surface area (Å²) in [5.74, 6) is 0.351. The summed E-state index contributed by atoms with van der Waals surface area (Å²) in [6.07, 6.45) is 1.48. The number of phenols is 1. The van der Waals surface area contributed by atoms with Gasteiger partial charge in [0.15, 0.2) is 0 Å². The second-order valence-corrected chi connectivity index (χ2v) is 4.67. The number of phenolic OH excluding ortho intramolecular Hbond substituents is 1. The number of aromatic hydroxyl groups is 1. The number of nitrogens with two attached hydrogens (primary N) is 1. The fourth-order valence-electron chi connectivity index (χ4n) is 1.88. The molecular formula is C13H10ClN3O2. The molecule has 1 aromatic carbocycles. The first-order valence-electron chi connectivity index (χ1n) is 5.56. The van der Waals surface area contributed by atoms with Crippen molar-refractivity contribution < 1.29 is 9.52 Å². The molecule has 0 saturated heterocycles. The summed E-state index contributed by atoms with van der Waals surface area (Å²) in [6, 6.07) is 4.93. The maximum absolute atomic E-state index is 10.1. The Balaban J connectivity index is 2.24. The Labute approximate surface area is 113 Å². The molecule has 3 rings (SSSR count). The molecule has 0 bridgehead atoms. The predicted molar refractivity (Wildman–Crippen MR) is 73.1 cm³/mol. The monoisotopic (exact) mass is 275 g/mol. The molecule has 6 heteroatoms. The lowest BCUT2D eigenvalue weighted by Gasteiger charge is -2.05. The molecule has 0 spiro atoms. The summed E-state index contributed by atoms with van der Waals surface area (Å²) < 4.78 is 5.50. The van der Waals surface area contributed by atoms with Gasteiger partial charge in [0, 0.05) is 11.9 Å². The van der Waals surface area contributed by atoms with Gasteiger partial charge in [0.25, 0.3) is 0 Å². The lowest BCUT2D eigenvalue weighted by atomic mass is 10.1. The number of rotatable bonds is 1. The number of oxazole rings is 1. The quantitative estimate of drug-likeness (QED) is 0.526. The highest BCUT2D eigenvalue weighted by molar-refractivity contribution is 6.30. The molecule has 0 radical (unpaired) electrons. The first-order valence-corrected chi connectivity index (χ1v) is 5.94. The standard InChI is InChI=1S/C13H10ClN3O2/c1-6-2-8(15)4-9(11(6)18)12-17-10-3-7(14)5-16-13(10)19-12/h2-5,18H,15H2,1H3. The zero-order chi connectivity index (χ0) is 13.6. The Morgan fingerprint density at radius 1 is 1.32 bits per heavy atom. The van der Waals surface area contributed by atoms with Crippen molar-refractivity contribution in [1.29, 1.82) is 0 Å². The molecule has 3 N–H and O–H groups in total. The molecule has 19 heavy (non-hydrogen) atoms. The van der Waals surface area contributed by atoms with Crippen molar-refractivity contribution in [3.05, 3.63) is 35.0 Å². The number of aryl methyl sites for hydroxylation is 1. The van der Waals surface area contributed by atoms with E-state index in [1.807, 2.05) is 0 Å². The third-order valence-corrected chi connectivity index (χ3v) is 2.97. The van der Waals surface area contributed by atoms with Gasteiger partial charge in [0.2, 0.25) is 11.6 Å². The van der Waals surface area contributed by atoms with Crippen LogP contribution >= 0.6 is 11.6 Å². The smallest absolute Gasteiger partial charge is 0.247 e. The van der Waals surface area contributed by atoms with Gasteiger partial charge in [0.05, 0.1) is 10.6 Å². The molecule has 5 nitrogen and oxygen atoms in total. The first-order chi connectivity index (χ1) is 9.04. The molecule has 0 saturated carbocycles. The van der Waals surface area contributed by atoms with Crippen molar-refractivity contribution in [2.45, 2.75) is 6.92 Å². The Morgan fingerprint density at radius 3 is 2.89 bits per heavy atom. The first kappa shape index (κ1) is 11.8. The molecule has 0 aliphatic carbocycles. The van der Waals surface area contributed by atoms with E-state index in [4.69, 9.17) is 21.8 Å². The fourth-order valence-corrected chi connectivity index (χ4v) is 2.04. The van der Waals surface area contributed by atoms with Crippen molar-refractivity contribution >= 4 is 28.5 Å². The highest BCUT2D eigenvalue weighted by Crippen LogP contribution is 2.35. The van der Waals surface area contributed by atoms with Crippen LogP contribution in [0, 0.1) is 6.92 Å². The highest BCUT2D eigenvalue weighted by atomic mass is 35.5. The van der Waals surface area contributed by atoms with Crippen LogP contribution < -0.4 is 5.73 Å². The van der Waals surface area contributed by atoms with Crippen molar-refractivity contribution in [1.82, 2.24) is 9.97 Å². The maximum atomic E-state index is 10.1. The normalized spacial score (nSPS) is 11.1. The summed E-state index contributed by atoms with van der Waals surface area (Å²) in [4.78, 5) is 8.29. The van der Waals surface area contributed by atoms with Crippen LogP contribution in [0.25, 0.3) is 22.7 Å². The van der Waals surface area contributed by atoms with Crippen LogP contribution in [-0.4, -0.2) is 15.1 Å². The van der Waals surface area contributed by atoms with Gasteiger partial charge in [-0.25, -0.2) is 9.97 Å². The van der Waals surface area contributed by atoms with Crippen LogP contribution in [0.5, 0.6) is 5.75 Å². The summed E-state index contributed by atoms with van der Waals surface area (Å²) in [5.41, 5.74) is 8.28. The molecule has 3 aromatic rings. The molecule has 0 atom stereocenters. The minimum absolute atomic E-state index is 0.0897. The molecule has 96 valence electrons. The largest absolute Gasteiger partial charge is 0.507 e. The number of benzene rings is 1. The van der Waals surface area contributed by atoms with E-state index >= 15 is 0 Å². The number of halogens is 1. The lowest BCUT2D eigenvalue weighted by molar-refractivity contribution is 0.470. The topological polar surface area (TPSA) is 85.2 Å². The molecular weight excluding hydrogens is 266 g/mol. The number of fused-ring (bicyclic) bond motifs is 1.